The highest BCUT2D eigenvalue weighted by atomic mass is 16.2. The van der Waals surface area contributed by atoms with Gasteiger partial charge < -0.3 is 10.7 Å². The van der Waals surface area contributed by atoms with Gasteiger partial charge in [-0.15, -0.1) is 0 Å². The number of nitrogens with one attached hydrogen (secondary N) is 3. The molecule has 1 amide bonds. The van der Waals surface area contributed by atoms with E-state index in [0.717, 1.165) is 36.2 Å². The lowest BCUT2D eigenvalue weighted by molar-refractivity contribution is -0.124. The van der Waals surface area contributed by atoms with Crippen molar-refractivity contribution in [3.05, 3.63) is 138 Å². The molecule has 0 radical (unpaired) electrons. The second-order valence-corrected chi connectivity index (χ2v) is 11.7. The van der Waals surface area contributed by atoms with Crippen molar-refractivity contribution in [1.29, 1.82) is 0 Å². The van der Waals surface area contributed by atoms with Gasteiger partial charge in [0.1, 0.15) is 5.54 Å². The van der Waals surface area contributed by atoms with Crippen molar-refractivity contribution in [2.75, 3.05) is 5.32 Å². The zero-order valence-corrected chi connectivity index (χ0v) is 22.3. The van der Waals surface area contributed by atoms with E-state index in [2.05, 4.69) is 119 Å². The van der Waals surface area contributed by atoms with E-state index in [4.69, 9.17) is 5.10 Å². The molecule has 2 fully saturated rings. The second kappa shape index (κ2) is 8.90. The molecule has 1 saturated carbocycles. The van der Waals surface area contributed by atoms with Crippen LogP contribution in [-0.2, 0) is 10.3 Å². The summed E-state index contributed by atoms with van der Waals surface area (Å²) in [5, 5.41) is 12.6. The average Bonchev–Trinajstić information content (AvgIpc) is 3.67. The topological polar surface area (TPSA) is 65.5 Å². The predicted octanol–water partition coefficient (Wildman–Crippen LogP) is 6.45. The molecule has 0 bridgehead atoms. The Morgan fingerprint density at radius 1 is 0.700 bits per heavy atom. The molecule has 1 saturated heterocycles. The highest BCUT2D eigenvalue weighted by Gasteiger charge is 2.74. The minimum absolute atomic E-state index is 0.00544. The molecule has 2 spiro atoms. The van der Waals surface area contributed by atoms with E-state index >= 15 is 0 Å². The predicted molar refractivity (Wildman–Crippen MR) is 158 cm³/mol. The third-order valence-electron chi connectivity index (χ3n) is 9.92. The summed E-state index contributed by atoms with van der Waals surface area (Å²) in [6.45, 7) is 0. The van der Waals surface area contributed by atoms with E-state index in [1.54, 1.807) is 0 Å². The van der Waals surface area contributed by atoms with Crippen LogP contribution >= 0.6 is 0 Å². The summed E-state index contributed by atoms with van der Waals surface area (Å²) in [4.78, 5) is 14.6. The molecular weight excluding hydrogens is 492 g/mol. The zero-order chi connectivity index (χ0) is 26.7. The van der Waals surface area contributed by atoms with Crippen molar-refractivity contribution < 1.29 is 4.79 Å². The van der Waals surface area contributed by atoms with E-state index in [-0.39, 0.29) is 29.8 Å². The van der Waals surface area contributed by atoms with Gasteiger partial charge >= 0.3 is 0 Å². The normalized spacial score (nSPS) is 31.9. The third kappa shape index (κ3) is 3.07. The van der Waals surface area contributed by atoms with E-state index in [9.17, 15) is 4.79 Å². The number of hydrogen-bond donors (Lipinski definition) is 3. The van der Waals surface area contributed by atoms with E-state index < -0.39 is 11.0 Å². The number of rotatable bonds is 3. The number of carbonyl (C=O) groups is 1. The zero-order valence-electron chi connectivity index (χ0n) is 22.3. The number of nitrogens with zero attached hydrogens (tertiary/aromatic N) is 1. The van der Waals surface area contributed by atoms with Crippen LogP contribution in [0.25, 0.3) is 0 Å². The molecule has 3 N–H and O–H groups in total. The SMILES string of the molecule is O=C1Nc2ccccc2C12NC(c1ccccc1)C(c1ccccc1)C21CCCC2C1=NNC2c1ccccc1. The lowest BCUT2D eigenvalue weighted by atomic mass is 9.51. The maximum Gasteiger partial charge on any atom is 0.250 e. The summed E-state index contributed by atoms with van der Waals surface area (Å²) < 4.78 is 0. The van der Waals surface area contributed by atoms with Gasteiger partial charge in [0.25, 0.3) is 0 Å². The van der Waals surface area contributed by atoms with Gasteiger partial charge in [0, 0.05) is 29.1 Å². The monoisotopic (exact) mass is 524 g/mol. The van der Waals surface area contributed by atoms with E-state index in [1.807, 2.05) is 12.1 Å². The van der Waals surface area contributed by atoms with Crippen LogP contribution in [-0.4, -0.2) is 11.6 Å². The number of para-hydroxylation sites is 1. The fraction of sp³-hybridized carbons (Fsp3) is 0.257. The molecule has 1 aliphatic carbocycles. The summed E-state index contributed by atoms with van der Waals surface area (Å²) in [6.07, 6.45) is 2.95. The van der Waals surface area contributed by atoms with Crippen LogP contribution in [0.15, 0.2) is 120 Å². The molecule has 8 rings (SSSR count). The molecule has 40 heavy (non-hydrogen) atoms. The minimum atomic E-state index is -0.949. The van der Waals surface area contributed by atoms with Crippen LogP contribution in [0, 0.1) is 11.3 Å². The Kier molecular flexibility index (Phi) is 5.26. The first-order chi connectivity index (χ1) is 19.7. The van der Waals surface area contributed by atoms with Gasteiger partial charge in [-0.3, -0.25) is 10.1 Å². The molecule has 4 aromatic rings. The fourth-order valence-corrected chi connectivity index (χ4v) is 8.47. The number of carbonyl (C=O) groups excluding carboxylic acids is 1. The van der Waals surface area contributed by atoms with Crippen LogP contribution in [0.3, 0.4) is 0 Å². The number of hydrazone groups is 1. The molecule has 5 nitrogen and oxygen atoms in total. The number of amides is 1. The van der Waals surface area contributed by atoms with Crippen LogP contribution < -0.4 is 16.1 Å². The summed E-state index contributed by atoms with van der Waals surface area (Å²) in [5.41, 5.74) is 8.80. The molecule has 5 heteroatoms. The van der Waals surface area contributed by atoms with Crippen LogP contribution in [0.5, 0.6) is 0 Å². The Hall–Kier alpha value is -4.22. The maximum atomic E-state index is 14.6. The first-order valence-corrected chi connectivity index (χ1v) is 14.4. The summed E-state index contributed by atoms with van der Waals surface area (Å²) >= 11 is 0. The Labute approximate surface area is 234 Å². The Morgan fingerprint density at radius 3 is 2.00 bits per heavy atom. The van der Waals surface area contributed by atoms with Crippen LogP contribution in [0.4, 0.5) is 5.69 Å². The highest BCUT2D eigenvalue weighted by Crippen LogP contribution is 2.69. The largest absolute Gasteiger partial charge is 0.324 e. The standard InChI is InChI=1S/C35H32N4O/c40-33-35(27-20-10-11-21-28(27)36-33)34(22-12-19-26-30(38-39-32(26)34)24-15-6-2-7-16-24)29(23-13-4-1-5-14-23)31(37-35)25-17-8-3-9-18-25/h1-11,13-18,20-21,26,29-31,37-38H,12,19,22H2,(H,36,40). The van der Waals surface area contributed by atoms with Crippen molar-refractivity contribution in [2.45, 2.75) is 42.8 Å². The average molecular weight is 525 g/mol. The number of anilines is 1. The van der Waals surface area contributed by atoms with Gasteiger partial charge in [-0.1, -0.05) is 116 Å². The van der Waals surface area contributed by atoms with Crippen LogP contribution in [0.2, 0.25) is 0 Å². The van der Waals surface area contributed by atoms with Crippen LogP contribution in [0.1, 0.15) is 59.5 Å². The molecule has 4 aliphatic rings. The Balaban J connectivity index is 1.41. The Bertz CT molecular complexity index is 1600. The van der Waals surface area contributed by atoms with E-state index in [0.29, 0.717) is 0 Å². The lowest BCUT2D eigenvalue weighted by Gasteiger charge is -2.49. The number of hydrogen-bond acceptors (Lipinski definition) is 4. The minimum Gasteiger partial charge on any atom is -0.324 e. The third-order valence-corrected chi connectivity index (χ3v) is 9.92. The van der Waals surface area contributed by atoms with E-state index in [1.165, 1.54) is 16.7 Å². The van der Waals surface area contributed by atoms with Crippen molar-refractivity contribution in [2.24, 2.45) is 16.4 Å². The molecule has 0 aromatic heterocycles. The van der Waals surface area contributed by atoms with Gasteiger partial charge in [-0.2, -0.15) is 5.10 Å². The van der Waals surface area contributed by atoms with Crippen molar-refractivity contribution in [3.8, 4) is 0 Å². The van der Waals surface area contributed by atoms with Gasteiger partial charge in [0.2, 0.25) is 5.91 Å². The summed E-state index contributed by atoms with van der Waals surface area (Å²) in [5.74, 6) is 0.238. The highest BCUT2D eigenvalue weighted by molar-refractivity contribution is 6.13. The fourth-order valence-electron chi connectivity index (χ4n) is 8.47. The molecule has 4 aromatic carbocycles. The smallest absolute Gasteiger partial charge is 0.250 e. The van der Waals surface area contributed by atoms with Gasteiger partial charge in [-0.25, -0.2) is 0 Å². The second-order valence-electron chi connectivity index (χ2n) is 11.7. The first-order valence-electron chi connectivity index (χ1n) is 14.4. The molecule has 3 heterocycles. The van der Waals surface area contributed by atoms with Gasteiger partial charge in [-0.05, 0) is 35.6 Å². The molecule has 198 valence electrons. The lowest BCUT2D eigenvalue weighted by Crippen LogP contribution is -2.60. The van der Waals surface area contributed by atoms with Crippen molar-refractivity contribution >= 4 is 17.3 Å². The number of fused-ring (bicyclic) bond motifs is 5. The van der Waals surface area contributed by atoms with Gasteiger partial charge in [0.15, 0.2) is 0 Å². The van der Waals surface area contributed by atoms with Crippen molar-refractivity contribution in [1.82, 2.24) is 10.7 Å². The molecular formula is C35H32N4O. The maximum absolute atomic E-state index is 14.6. The van der Waals surface area contributed by atoms with Crippen molar-refractivity contribution in [3.63, 3.8) is 0 Å². The molecule has 6 unspecified atom stereocenters. The Morgan fingerprint density at radius 2 is 1.30 bits per heavy atom. The number of benzene rings is 4. The first kappa shape index (κ1) is 23.6. The summed E-state index contributed by atoms with van der Waals surface area (Å²) in [6, 6.07) is 40.4. The molecule has 3 aliphatic heterocycles. The summed E-state index contributed by atoms with van der Waals surface area (Å²) in [7, 11) is 0. The molecule has 6 atom stereocenters. The van der Waals surface area contributed by atoms with Gasteiger partial charge in [0.05, 0.1) is 17.2 Å². The quantitative estimate of drug-likeness (QED) is 0.289.